The Bertz CT molecular complexity index is 187. The highest BCUT2D eigenvalue weighted by atomic mass is 16.5. The van der Waals surface area contributed by atoms with Gasteiger partial charge in [-0.25, -0.2) is 4.79 Å². The van der Waals surface area contributed by atoms with E-state index in [4.69, 9.17) is 0 Å². The summed E-state index contributed by atoms with van der Waals surface area (Å²) in [5, 5.41) is 0. The fourth-order valence-electron chi connectivity index (χ4n) is 1.21. The highest BCUT2D eigenvalue weighted by Gasteiger charge is 2.13. The number of likely N-dealkylation sites (tertiary alicyclic amines) is 1. The lowest BCUT2D eigenvalue weighted by Gasteiger charge is -2.11. The second-order valence-corrected chi connectivity index (χ2v) is 2.68. The van der Waals surface area contributed by atoms with Crippen LogP contribution < -0.4 is 0 Å². The summed E-state index contributed by atoms with van der Waals surface area (Å²) >= 11 is 0. The van der Waals surface area contributed by atoms with Crippen LogP contribution in [-0.4, -0.2) is 31.6 Å². The van der Waals surface area contributed by atoms with Gasteiger partial charge in [-0.3, -0.25) is 0 Å². The minimum Gasteiger partial charge on any atom is -0.466 e. The molecule has 0 aliphatic carbocycles. The first-order valence-electron chi connectivity index (χ1n) is 3.73. The first-order valence-corrected chi connectivity index (χ1v) is 3.73. The van der Waals surface area contributed by atoms with Gasteiger partial charge >= 0.3 is 5.97 Å². The molecule has 1 aliphatic rings. The fraction of sp³-hybridized carbons (Fsp3) is 0.625. The molecule has 0 amide bonds. The fourth-order valence-corrected chi connectivity index (χ4v) is 1.21. The van der Waals surface area contributed by atoms with Crippen molar-refractivity contribution in [1.82, 2.24) is 4.90 Å². The maximum atomic E-state index is 10.8. The molecule has 0 atom stereocenters. The minimum atomic E-state index is -0.256. The van der Waals surface area contributed by atoms with E-state index in [1.54, 1.807) is 6.08 Å². The van der Waals surface area contributed by atoms with Crippen molar-refractivity contribution >= 4 is 5.97 Å². The summed E-state index contributed by atoms with van der Waals surface area (Å²) in [6.07, 6.45) is 3.69. The maximum Gasteiger partial charge on any atom is 0.332 e. The van der Waals surface area contributed by atoms with Gasteiger partial charge in [0.05, 0.1) is 7.11 Å². The van der Waals surface area contributed by atoms with E-state index >= 15 is 0 Å². The number of methoxy groups -OCH3 is 1. The van der Waals surface area contributed by atoms with Gasteiger partial charge < -0.3 is 9.64 Å². The van der Waals surface area contributed by atoms with E-state index in [1.165, 1.54) is 7.11 Å². The summed E-state index contributed by atoms with van der Waals surface area (Å²) in [6.45, 7) is 1.04. The lowest BCUT2D eigenvalue weighted by atomic mass is 10.3. The molecule has 0 aromatic rings. The van der Waals surface area contributed by atoms with Crippen LogP contribution in [0.3, 0.4) is 0 Å². The SMILES string of the molecule is COC(=O)/C=C1\CCCN1C. The number of esters is 1. The molecule has 62 valence electrons. The van der Waals surface area contributed by atoms with Crippen molar-refractivity contribution in [1.29, 1.82) is 0 Å². The summed E-state index contributed by atoms with van der Waals surface area (Å²) < 4.78 is 4.52. The van der Waals surface area contributed by atoms with Gasteiger partial charge in [-0.2, -0.15) is 0 Å². The average Bonchev–Trinajstić information content (AvgIpc) is 2.37. The number of carbonyl (C=O) groups is 1. The minimum absolute atomic E-state index is 0.256. The molecule has 0 radical (unpaired) electrons. The Morgan fingerprint density at radius 1 is 1.73 bits per heavy atom. The van der Waals surface area contributed by atoms with Gasteiger partial charge in [0.2, 0.25) is 0 Å². The van der Waals surface area contributed by atoms with Gasteiger partial charge in [0.25, 0.3) is 0 Å². The van der Waals surface area contributed by atoms with Gasteiger partial charge in [-0.05, 0) is 12.8 Å². The summed E-state index contributed by atoms with van der Waals surface area (Å²) in [4.78, 5) is 12.9. The Hall–Kier alpha value is -0.990. The molecular weight excluding hydrogens is 142 g/mol. The number of hydrogen-bond acceptors (Lipinski definition) is 3. The predicted octanol–water partition coefficient (Wildman–Crippen LogP) is 0.769. The standard InChI is InChI=1S/C8H13NO2/c1-9-5-3-4-7(9)6-8(10)11-2/h6H,3-5H2,1-2H3/b7-6+. The van der Waals surface area contributed by atoms with Crippen LogP contribution >= 0.6 is 0 Å². The van der Waals surface area contributed by atoms with Crippen LogP contribution in [0.4, 0.5) is 0 Å². The Kier molecular flexibility index (Phi) is 2.52. The van der Waals surface area contributed by atoms with Crippen molar-refractivity contribution in [2.24, 2.45) is 0 Å². The van der Waals surface area contributed by atoms with Crippen molar-refractivity contribution in [3.05, 3.63) is 11.8 Å². The van der Waals surface area contributed by atoms with Crippen LogP contribution in [0.2, 0.25) is 0 Å². The second-order valence-electron chi connectivity index (χ2n) is 2.68. The van der Waals surface area contributed by atoms with Gasteiger partial charge in [-0.15, -0.1) is 0 Å². The van der Waals surface area contributed by atoms with Gasteiger partial charge in [-0.1, -0.05) is 0 Å². The maximum absolute atomic E-state index is 10.8. The van der Waals surface area contributed by atoms with Crippen molar-refractivity contribution in [2.45, 2.75) is 12.8 Å². The van der Waals surface area contributed by atoms with Crippen LogP contribution in [0.1, 0.15) is 12.8 Å². The van der Waals surface area contributed by atoms with Crippen LogP contribution in [0.25, 0.3) is 0 Å². The third-order valence-corrected chi connectivity index (χ3v) is 1.90. The van der Waals surface area contributed by atoms with Crippen molar-refractivity contribution in [3.63, 3.8) is 0 Å². The lowest BCUT2D eigenvalue weighted by Crippen LogP contribution is -2.11. The Balaban J connectivity index is 2.57. The molecule has 1 aliphatic heterocycles. The van der Waals surface area contributed by atoms with E-state index < -0.39 is 0 Å². The average molecular weight is 155 g/mol. The first kappa shape index (κ1) is 8.11. The van der Waals surface area contributed by atoms with Crippen LogP contribution in [0.5, 0.6) is 0 Å². The molecule has 1 fully saturated rings. The molecule has 0 bridgehead atoms. The molecule has 0 spiro atoms. The van der Waals surface area contributed by atoms with Crippen LogP contribution in [0.15, 0.2) is 11.8 Å². The van der Waals surface area contributed by atoms with Crippen molar-refractivity contribution in [3.8, 4) is 0 Å². The zero-order valence-corrected chi connectivity index (χ0v) is 6.96. The van der Waals surface area contributed by atoms with Gasteiger partial charge in [0.15, 0.2) is 0 Å². The Morgan fingerprint density at radius 2 is 2.45 bits per heavy atom. The van der Waals surface area contributed by atoms with E-state index in [-0.39, 0.29) is 5.97 Å². The van der Waals surface area contributed by atoms with E-state index in [2.05, 4.69) is 9.64 Å². The van der Waals surface area contributed by atoms with Gasteiger partial charge in [0.1, 0.15) is 0 Å². The third kappa shape index (κ3) is 1.97. The molecule has 0 unspecified atom stereocenters. The third-order valence-electron chi connectivity index (χ3n) is 1.90. The summed E-state index contributed by atoms with van der Waals surface area (Å²) in [6, 6.07) is 0. The zero-order valence-electron chi connectivity index (χ0n) is 6.96. The number of allylic oxidation sites excluding steroid dienone is 1. The highest BCUT2D eigenvalue weighted by molar-refractivity contribution is 5.82. The Morgan fingerprint density at radius 3 is 2.91 bits per heavy atom. The predicted molar refractivity (Wildman–Crippen MR) is 42.0 cm³/mol. The number of rotatable bonds is 1. The molecule has 3 nitrogen and oxygen atoms in total. The normalized spacial score (nSPS) is 20.9. The van der Waals surface area contributed by atoms with Crippen molar-refractivity contribution in [2.75, 3.05) is 20.7 Å². The first-order chi connectivity index (χ1) is 5.24. The molecule has 0 aromatic carbocycles. The summed E-state index contributed by atoms with van der Waals surface area (Å²) in [5.74, 6) is -0.256. The Labute approximate surface area is 66.6 Å². The summed E-state index contributed by atoms with van der Waals surface area (Å²) in [7, 11) is 3.39. The van der Waals surface area contributed by atoms with Crippen LogP contribution in [-0.2, 0) is 9.53 Å². The number of ether oxygens (including phenoxy) is 1. The van der Waals surface area contributed by atoms with Gasteiger partial charge in [0, 0.05) is 25.4 Å². The summed E-state index contributed by atoms with van der Waals surface area (Å²) in [5.41, 5.74) is 1.08. The van der Waals surface area contributed by atoms with E-state index in [1.807, 2.05) is 7.05 Å². The molecule has 3 heteroatoms. The van der Waals surface area contributed by atoms with Crippen molar-refractivity contribution < 1.29 is 9.53 Å². The van der Waals surface area contributed by atoms with Crippen LogP contribution in [0, 0.1) is 0 Å². The van der Waals surface area contributed by atoms with E-state index in [0.717, 1.165) is 25.1 Å². The molecule has 0 aromatic heterocycles. The molecular formula is C8H13NO2. The zero-order chi connectivity index (χ0) is 8.27. The molecule has 11 heavy (non-hydrogen) atoms. The molecule has 1 heterocycles. The van der Waals surface area contributed by atoms with E-state index in [9.17, 15) is 4.79 Å². The molecule has 1 saturated heterocycles. The quantitative estimate of drug-likeness (QED) is 0.414. The molecule has 0 saturated carbocycles. The second kappa shape index (κ2) is 3.42. The topological polar surface area (TPSA) is 29.5 Å². The molecule has 1 rings (SSSR count). The lowest BCUT2D eigenvalue weighted by molar-refractivity contribution is -0.134. The largest absolute Gasteiger partial charge is 0.466 e. The number of nitrogens with zero attached hydrogens (tertiary/aromatic N) is 1. The highest BCUT2D eigenvalue weighted by Crippen LogP contribution is 2.17. The number of hydrogen-bond donors (Lipinski definition) is 0. The van der Waals surface area contributed by atoms with E-state index in [0.29, 0.717) is 0 Å². The smallest absolute Gasteiger partial charge is 0.332 e. The monoisotopic (exact) mass is 155 g/mol. The molecule has 0 N–H and O–H groups in total. The number of carbonyl (C=O) groups excluding carboxylic acids is 1.